The number of nitrogens with one attached hydrogen (secondary N) is 1. The second kappa shape index (κ2) is 7.10. The van der Waals surface area contributed by atoms with Crippen LogP contribution < -0.4 is 10.6 Å². The molecule has 0 radical (unpaired) electrons. The van der Waals surface area contributed by atoms with Crippen molar-refractivity contribution >= 4 is 67.1 Å². The maximum absolute atomic E-state index is 11.1. The second-order valence-corrected chi connectivity index (χ2v) is 8.23. The van der Waals surface area contributed by atoms with Crippen LogP contribution in [0.3, 0.4) is 0 Å². The van der Waals surface area contributed by atoms with Gasteiger partial charge in [-0.3, -0.25) is 5.43 Å². The summed E-state index contributed by atoms with van der Waals surface area (Å²) in [5, 5.41) is 19.0. The molecule has 0 amide bonds. The third-order valence-electron chi connectivity index (χ3n) is 2.64. The fourth-order valence-corrected chi connectivity index (χ4v) is 3.98. The van der Waals surface area contributed by atoms with E-state index in [1.54, 1.807) is 18.2 Å². The van der Waals surface area contributed by atoms with E-state index in [2.05, 4.69) is 33.1 Å². The number of nitrogens with zero attached hydrogens (tertiary/aromatic N) is 1. The van der Waals surface area contributed by atoms with Crippen LogP contribution >= 0.6 is 45.2 Å². The molecule has 0 saturated heterocycles. The fraction of sp³-hybridized carbons (Fsp3) is 0. The van der Waals surface area contributed by atoms with Gasteiger partial charge in [0.1, 0.15) is 5.75 Å². The van der Waals surface area contributed by atoms with E-state index in [0.29, 0.717) is 11.3 Å². The van der Waals surface area contributed by atoms with Crippen molar-refractivity contribution in [3.8, 4) is 5.75 Å². The van der Waals surface area contributed by atoms with Crippen LogP contribution in [0.2, 0.25) is 0 Å². The van der Waals surface area contributed by atoms with Crippen molar-refractivity contribution in [2.24, 2.45) is 10.2 Å². The third-order valence-corrected chi connectivity index (χ3v) is 5.01. The molecule has 4 N–H and O–H groups in total. The van der Waals surface area contributed by atoms with Crippen molar-refractivity contribution < 1.29 is 13.5 Å². The highest BCUT2D eigenvalue weighted by Gasteiger charge is 2.07. The van der Waals surface area contributed by atoms with Crippen LogP contribution in [0, 0.1) is 7.14 Å². The van der Waals surface area contributed by atoms with Crippen molar-refractivity contribution in [2.75, 3.05) is 5.43 Å². The Labute approximate surface area is 155 Å². The van der Waals surface area contributed by atoms with Gasteiger partial charge in [0.2, 0.25) is 10.0 Å². The summed E-state index contributed by atoms with van der Waals surface area (Å²) >= 11 is 4.20. The molecule has 9 heteroatoms. The molecular weight excluding hydrogens is 532 g/mol. The van der Waals surface area contributed by atoms with Crippen molar-refractivity contribution in [1.82, 2.24) is 0 Å². The molecule has 0 unspecified atom stereocenters. The standard InChI is InChI=1S/C13H11I2N3O3S/c14-9-5-8(13(19)12(15)6-9)7-17-18-10-1-3-11(4-2-10)22(16,20)21/h1-7,18-19H,(H2,16,20,21). The van der Waals surface area contributed by atoms with E-state index in [0.717, 1.165) is 7.14 Å². The predicted octanol–water partition coefficient (Wildman–Crippen LogP) is 2.69. The Balaban J connectivity index is 2.13. The molecule has 0 atom stereocenters. The minimum atomic E-state index is -3.70. The monoisotopic (exact) mass is 543 g/mol. The lowest BCUT2D eigenvalue weighted by atomic mass is 10.2. The first-order valence-corrected chi connectivity index (χ1v) is 9.58. The Hall–Kier alpha value is -0.920. The number of benzene rings is 2. The van der Waals surface area contributed by atoms with Gasteiger partial charge in [-0.05, 0) is 81.6 Å². The molecule has 22 heavy (non-hydrogen) atoms. The van der Waals surface area contributed by atoms with Crippen LogP contribution in [-0.4, -0.2) is 19.7 Å². The summed E-state index contributed by atoms with van der Waals surface area (Å²) in [6, 6.07) is 9.53. The van der Waals surface area contributed by atoms with Crippen molar-refractivity contribution in [1.29, 1.82) is 0 Å². The second-order valence-electron chi connectivity index (χ2n) is 4.26. The molecule has 0 aliphatic carbocycles. The highest BCUT2D eigenvalue weighted by molar-refractivity contribution is 14.1. The highest BCUT2D eigenvalue weighted by atomic mass is 127. The van der Waals surface area contributed by atoms with Crippen LogP contribution in [0.1, 0.15) is 5.56 Å². The maximum Gasteiger partial charge on any atom is 0.238 e. The van der Waals surface area contributed by atoms with E-state index >= 15 is 0 Å². The molecule has 2 rings (SSSR count). The van der Waals surface area contributed by atoms with Crippen LogP contribution in [0.15, 0.2) is 46.4 Å². The number of rotatable bonds is 4. The van der Waals surface area contributed by atoms with Crippen molar-refractivity contribution in [3.05, 3.63) is 49.1 Å². The number of hydrogen-bond donors (Lipinski definition) is 3. The first kappa shape index (κ1) is 17.4. The molecule has 0 spiro atoms. The van der Waals surface area contributed by atoms with Crippen LogP contribution in [0.5, 0.6) is 5.75 Å². The van der Waals surface area contributed by atoms with Crippen LogP contribution in [0.4, 0.5) is 5.69 Å². The predicted molar refractivity (Wildman–Crippen MR) is 103 cm³/mol. The summed E-state index contributed by atoms with van der Waals surface area (Å²) in [4.78, 5) is 0.0341. The molecule has 0 bridgehead atoms. The lowest BCUT2D eigenvalue weighted by Crippen LogP contribution is -2.11. The molecular formula is C13H11I2N3O3S. The van der Waals surface area contributed by atoms with Gasteiger partial charge in [0, 0.05) is 9.13 Å². The van der Waals surface area contributed by atoms with Crippen molar-refractivity contribution in [3.63, 3.8) is 0 Å². The molecule has 0 aromatic heterocycles. The molecule has 0 aliphatic heterocycles. The van der Waals surface area contributed by atoms with E-state index in [1.807, 2.05) is 28.7 Å². The normalized spacial score (nSPS) is 11.8. The van der Waals surface area contributed by atoms with Gasteiger partial charge in [-0.15, -0.1) is 0 Å². The number of phenolic OH excluding ortho intramolecular Hbond substituents is 1. The number of hydrazone groups is 1. The minimum absolute atomic E-state index is 0.0341. The lowest BCUT2D eigenvalue weighted by molar-refractivity contribution is 0.470. The molecule has 2 aromatic rings. The zero-order valence-corrected chi connectivity index (χ0v) is 16.1. The summed E-state index contributed by atoms with van der Waals surface area (Å²) in [7, 11) is -3.70. The summed E-state index contributed by atoms with van der Waals surface area (Å²) < 4.78 is 24.0. The first-order chi connectivity index (χ1) is 10.3. The molecule has 116 valence electrons. The van der Waals surface area contributed by atoms with Gasteiger partial charge in [0.15, 0.2) is 0 Å². The van der Waals surface area contributed by atoms with Gasteiger partial charge in [-0.1, -0.05) is 0 Å². The molecule has 0 fully saturated rings. The summed E-state index contributed by atoms with van der Waals surface area (Å²) in [5.74, 6) is 0.163. The summed E-state index contributed by atoms with van der Waals surface area (Å²) in [5.41, 5.74) is 3.94. The van der Waals surface area contributed by atoms with Gasteiger partial charge in [0.25, 0.3) is 0 Å². The zero-order valence-electron chi connectivity index (χ0n) is 11.0. The van der Waals surface area contributed by atoms with E-state index < -0.39 is 10.0 Å². The molecule has 6 nitrogen and oxygen atoms in total. The van der Waals surface area contributed by atoms with E-state index in [1.165, 1.54) is 18.3 Å². The van der Waals surface area contributed by atoms with Crippen molar-refractivity contribution in [2.45, 2.75) is 4.90 Å². The van der Waals surface area contributed by atoms with Gasteiger partial charge >= 0.3 is 0 Å². The lowest BCUT2D eigenvalue weighted by Gasteiger charge is -2.04. The smallest absolute Gasteiger partial charge is 0.238 e. The third kappa shape index (κ3) is 4.54. The Kier molecular flexibility index (Phi) is 5.63. The Bertz CT molecular complexity index is 821. The Morgan fingerprint density at radius 2 is 1.82 bits per heavy atom. The number of anilines is 1. The molecule has 2 aromatic carbocycles. The summed E-state index contributed by atoms with van der Waals surface area (Å²) in [6.07, 6.45) is 1.49. The SMILES string of the molecule is NS(=O)(=O)c1ccc(NN=Cc2cc(I)cc(I)c2O)cc1. The fourth-order valence-electron chi connectivity index (χ4n) is 1.58. The zero-order chi connectivity index (χ0) is 16.3. The number of phenols is 1. The summed E-state index contributed by atoms with van der Waals surface area (Å²) in [6.45, 7) is 0. The Morgan fingerprint density at radius 3 is 2.41 bits per heavy atom. The van der Waals surface area contributed by atoms with E-state index in [4.69, 9.17) is 5.14 Å². The average molecular weight is 543 g/mol. The highest BCUT2D eigenvalue weighted by Crippen LogP contribution is 2.25. The van der Waals surface area contributed by atoms with Crippen LogP contribution in [-0.2, 0) is 10.0 Å². The van der Waals surface area contributed by atoms with Crippen LogP contribution in [0.25, 0.3) is 0 Å². The quantitative estimate of drug-likeness (QED) is 0.314. The topological polar surface area (TPSA) is 105 Å². The Morgan fingerprint density at radius 1 is 1.18 bits per heavy atom. The van der Waals surface area contributed by atoms with Gasteiger partial charge in [-0.25, -0.2) is 13.6 Å². The maximum atomic E-state index is 11.1. The molecule has 0 aliphatic rings. The number of sulfonamides is 1. The number of halogens is 2. The van der Waals surface area contributed by atoms with E-state index in [9.17, 15) is 13.5 Å². The number of hydrogen-bond acceptors (Lipinski definition) is 5. The average Bonchev–Trinajstić information content (AvgIpc) is 2.43. The number of aromatic hydroxyl groups is 1. The van der Waals surface area contributed by atoms with Gasteiger partial charge in [0.05, 0.1) is 20.4 Å². The number of primary sulfonamides is 1. The van der Waals surface area contributed by atoms with Gasteiger partial charge < -0.3 is 5.11 Å². The van der Waals surface area contributed by atoms with E-state index in [-0.39, 0.29) is 10.6 Å². The largest absolute Gasteiger partial charge is 0.506 e. The minimum Gasteiger partial charge on any atom is -0.506 e. The molecule has 0 saturated carbocycles. The first-order valence-electron chi connectivity index (χ1n) is 5.87. The number of nitrogens with two attached hydrogens (primary N) is 1. The molecule has 0 heterocycles. The van der Waals surface area contributed by atoms with Gasteiger partial charge in [-0.2, -0.15) is 5.10 Å².